The third kappa shape index (κ3) is 3.45. The van der Waals surface area contributed by atoms with E-state index in [9.17, 15) is 4.79 Å². The van der Waals surface area contributed by atoms with E-state index in [0.29, 0.717) is 19.5 Å². The first-order valence-electron chi connectivity index (χ1n) is 5.39. The number of amides is 1. The summed E-state index contributed by atoms with van der Waals surface area (Å²) < 4.78 is 0. The Morgan fingerprint density at radius 2 is 2.35 bits per heavy atom. The highest BCUT2D eigenvalue weighted by molar-refractivity contribution is 7.12. The number of amidine groups is 1. The van der Waals surface area contributed by atoms with Crippen LogP contribution in [-0.4, -0.2) is 34.9 Å². The molecule has 0 spiro atoms. The van der Waals surface area contributed by atoms with Gasteiger partial charge in [0.25, 0.3) is 5.91 Å². The molecule has 0 saturated carbocycles. The van der Waals surface area contributed by atoms with Crippen LogP contribution in [0.15, 0.2) is 16.6 Å². The first-order chi connectivity index (χ1) is 8.10. The highest BCUT2D eigenvalue weighted by Gasteiger charge is 2.17. The van der Waals surface area contributed by atoms with Crippen molar-refractivity contribution in [3.63, 3.8) is 0 Å². The van der Waals surface area contributed by atoms with E-state index in [0.717, 1.165) is 10.4 Å². The topological polar surface area (TPSA) is 78.9 Å². The Morgan fingerprint density at radius 3 is 2.82 bits per heavy atom. The summed E-state index contributed by atoms with van der Waals surface area (Å²) in [6, 6.07) is 1.93. The van der Waals surface area contributed by atoms with Crippen LogP contribution in [0.3, 0.4) is 0 Å². The lowest BCUT2D eigenvalue weighted by Crippen LogP contribution is -2.33. The molecule has 0 fully saturated rings. The van der Waals surface area contributed by atoms with E-state index >= 15 is 0 Å². The molecule has 0 radical (unpaired) electrons. The second kappa shape index (κ2) is 6.24. The second-order valence-corrected chi connectivity index (χ2v) is 4.58. The highest BCUT2D eigenvalue weighted by atomic mass is 32.1. The van der Waals surface area contributed by atoms with Crippen LogP contribution >= 0.6 is 11.3 Å². The zero-order chi connectivity index (χ0) is 12.8. The third-order valence-corrected chi connectivity index (χ3v) is 3.50. The molecule has 6 heteroatoms. The summed E-state index contributed by atoms with van der Waals surface area (Å²) in [5.41, 5.74) is 6.38. The molecule has 0 atom stereocenters. The van der Waals surface area contributed by atoms with Crippen LogP contribution in [0, 0.1) is 6.92 Å². The molecule has 0 saturated heterocycles. The molecule has 17 heavy (non-hydrogen) atoms. The minimum Gasteiger partial charge on any atom is -0.409 e. The molecule has 0 aliphatic carbocycles. The van der Waals surface area contributed by atoms with E-state index in [2.05, 4.69) is 5.16 Å². The second-order valence-electron chi connectivity index (χ2n) is 3.66. The van der Waals surface area contributed by atoms with Crippen molar-refractivity contribution in [3.8, 4) is 0 Å². The number of carbonyl (C=O) groups excluding carboxylic acids is 1. The zero-order valence-electron chi connectivity index (χ0n) is 10.0. The number of hydrogen-bond donors (Lipinski definition) is 2. The summed E-state index contributed by atoms with van der Waals surface area (Å²) in [5.74, 6) is 0.143. The van der Waals surface area contributed by atoms with E-state index in [1.54, 1.807) is 4.90 Å². The Hall–Kier alpha value is -1.56. The summed E-state index contributed by atoms with van der Waals surface area (Å²) in [5, 5.41) is 13.2. The number of nitrogens with zero attached hydrogens (tertiary/aromatic N) is 2. The lowest BCUT2D eigenvalue weighted by Gasteiger charge is -2.20. The number of rotatable bonds is 5. The van der Waals surface area contributed by atoms with Crippen LogP contribution in [0.4, 0.5) is 0 Å². The zero-order valence-corrected chi connectivity index (χ0v) is 10.8. The molecule has 0 aromatic carbocycles. The largest absolute Gasteiger partial charge is 0.409 e. The smallest absolute Gasteiger partial charge is 0.264 e. The quantitative estimate of drug-likeness (QED) is 0.363. The molecule has 1 aromatic heterocycles. The Balaban J connectivity index is 2.68. The van der Waals surface area contributed by atoms with Crippen LogP contribution in [0.25, 0.3) is 0 Å². The van der Waals surface area contributed by atoms with Gasteiger partial charge in [-0.1, -0.05) is 5.16 Å². The fourth-order valence-electron chi connectivity index (χ4n) is 1.44. The van der Waals surface area contributed by atoms with Gasteiger partial charge in [0.1, 0.15) is 5.84 Å². The van der Waals surface area contributed by atoms with E-state index in [4.69, 9.17) is 10.9 Å². The average Bonchev–Trinajstić information content (AvgIpc) is 2.75. The summed E-state index contributed by atoms with van der Waals surface area (Å²) in [4.78, 5) is 14.6. The molecule has 0 unspecified atom stereocenters. The van der Waals surface area contributed by atoms with E-state index in [1.807, 2.05) is 25.3 Å². The van der Waals surface area contributed by atoms with Gasteiger partial charge in [-0.3, -0.25) is 4.79 Å². The molecule has 0 aliphatic heterocycles. The first-order valence-corrected chi connectivity index (χ1v) is 6.27. The molecule has 1 aromatic rings. The van der Waals surface area contributed by atoms with Crippen molar-refractivity contribution >= 4 is 23.1 Å². The van der Waals surface area contributed by atoms with Crippen molar-refractivity contribution < 1.29 is 10.0 Å². The predicted octanol–water partition coefficient (Wildman–Crippen LogP) is 1.66. The van der Waals surface area contributed by atoms with Crippen molar-refractivity contribution in [1.29, 1.82) is 0 Å². The highest BCUT2D eigenvalue weighted by Crippen LogP contribution is 2.17. The van der Waals surface area contributed by atoms with Gasteiger partial charge >= 0.3 is 0 Å². The first kappa shape index (κ1) is 13.5. The fraction of sp³-hybridized carbons (Fsp3) is 0.455. The lowest BCUT2D eigenvalue weighted by molar-refractivity contribution is 0.0772. The van der Waals surface area contributed by atoms with Gasteiger partial charge in [-0.2, -0.15) is 0 Å². The van der Waals surface area contributed by atoms with Crippen LogP contribution in [0.5, 0.6) is 0 Å². The van der Waals surface area contributed by atoms with E-state index in [-0.39, 0.29) is 11.7 Å². The van der Waals surface area contributed by atoms with Gasteiger partial charge in [0, 0.05) is 19.5 Å². The molecular formula is C11H17N3O2S. The maximum atomic E-state index is 12.2. The average molecular weight is 255 g/mol. The summed E-state index contributed by atoms with van der Waals surface area (Å²) in [7, 11) is 0. The number of aryl methyl sites for hydroxylation is 1. The van der Waals surface area contributed by atoms with Crippen LogP contribution in [-0.2, 0) is 0 Å². The minimum atomic E-state index is 0.00531. The van der Waals surface area contributed by atoms with Crippen molar-refractivity contribution in [3.05, 3.63) is 21.9 Å². The number of thiophene rings is 1. The standard InChI is InChI=1S/C11H17N3O2S/c1-3-14(6-4-9(12)13-16)11(15)10-8(2)5-7-17-10/h5,7,16H,3-4,6H2,1-2H3,(H2,12,13). The van der Waals surface area contributed by atoms with Crippen molar-refractivity contribution in [1.82, 2.24) is 4.90 Å². The van der Waals surface area contributed by atoms with Crippen molar-refractivity contribution in [2.45, 2.75) is 20.3 Å². The summed E-state index contributed by atoms with van der Waals surface area (Å²) in [6.07, 6.45) is 0.375. The Labute approximate surface area is 105 Å². The van der Waals surface area contributed by atoms with Crippen molar-refractivity contribution in [2.24, 2.45) is 10.9 Å². The number of nitrogens with two attached hydrogens (primary N) is 1. The van der Waals surface area contributed by atoms with Gasteiger partial charge in [-0.05, 0) is 30.9 Å². The molecule has 1 amide bonds. The van der Waals surface area contributed by atoms with Gasteiger partial charge < -0.3 is 15.8 Å². The number of oxime groups is 1. The molecule has 1 heterocycles. The monoisotopic (exact) mass is 255 g/mol. The molecule has 0 aliphatic rings. The minimum absolute atomic E-state index is 0.00531. The van der Waals surface area contributed by atoms with Gasteiger partial charge in [0.15, 0.2) is 0 Å². The normalized spacial score (nSPS) is 11.5. The maximum absolute atomic E-state index is 12.2. The molecule has 3 N–H and O–H groups in total. The SMILES string of the molecule is CCN(CCC(N)=NO)C(=O)c1sccc1C. The third-order valence-electron chi connectivity index (χ3n) is 2.49. The predicted molar refractivity (Wildman–Crippen MR) is 68.7 cm³/mol. The summed E-state index contributed by atoms with van der Waals surface area (Å²) >= 11 is 1.44. The Kier molecular flexibility index (Phi) is 4.96. The maximum Gasteiger partial charge on any atom is 0.264 e. The molecule has 0 bridgehead atoms. The molecule has 1 rings (SSSR count). The Morgan fingerprint density at radius 1 is 1.65 bits per heavy atom. The summed E-state index contributed by atoms with van der Waals surface area (Å²) in [6.45, 7) is 4.89. The number of hydrogen-bond acceptors (Lipinski definition) is 4. The van der Waals surface area contributed by atoms with Gasteiger partial charge in [0.2, 0.25) is 0 Å². The molecule has 94 valence electrons. The van der Waals surface area contributed by atoms with E-state index < -0.39 is 0 Å². The van der Waals surface area contributed by atoms with E-state index in [1.165, 1.54) is 11.3 Å². The van der Waals surface area contributed by atoms with Gasteiger partial charge in [0.05, 0.1) is 4.88 Å². The molecule has 5 nitrogen and oxygen atoms in total. The number of carbonyl (C=O) groups is 1. The van der Waals surface area contributed by atoms with Gasteiger partial charge in [-0.15, -0.1) is 11.3 Å². The fourth-order valence-corrected chi connectivity index (χ4v) is 2.33. The van der Waals surface area contributed by atoms with Crippen LogP contribution in [0.1, 0.15) is 28.6 Å². The van der Waals surface area contributed by atoms with Crippen LogP contribution in [0.2, 0.25) is 0 Å². The van der Waals surface area contributed by atoms with Crippen molar-refractivity contribution in [2.75, 3.05) is 13.1 Å². The Bertz CT molecular complexity index is 415. The van der Waals surface area contributed by atoms with Crippen LogP contribution < -0.4 is 5.73 Å². The lowest BCUT2D eigenvalue weighted by atomic mass is 10.2. The van der Waals surface area contributed by atoms with Gasteiger partial charge in [-0.25, -0.2) is 0 Å². The molecular weight excluding hydrogens is 238 g/mol.